The number of anilines is 3. The van der Waals surface area contributed by atoms with Gasteiger partial charge in [-0.2, -0.15) is 0 Å². The van der Waals surface area contributed by atoms with Crippen LogP contribution in [-0.4, -0.2) is 27.0 Å². The lowest BCUT2D eigenvalue weighted by Crippen LogP contribution is -2.39. The number of hydrogen-bond donors (Lipinski definition) is 3. The van der Waals surface area contributed by atoms with Crippen molar-refractivity contribution in [3.8, 4) is 0 Å². The minimum absolute atomic E-state index is 0.290. The highest BCUT2D eigenvalue weighted by molar-refractivity contribution is 5.57. The molecule has 19 heavy (non-hydrogen) atoms. The predicted molar refractivity (Wildman–Crippen MR) is 76.3 cm³/mol. The zero-order valence-electron chi connectivity index (χ0n) is 11.1. The fourth-order valence-corrected chi connectivity index (χ4v) is 1.43. The van der Waals surface area contributed by atoms with E-state index in [2.05, 4.69) is 25.6 Å². The molecule has 0 radical (unpaired) electrons. The van der Waals surface area contributed by atoms with E-state index in [0.29, 0.717) is 12.4 Å². The SMILES string of the molecule is CC(C)(N)CNc1cc(Nc2cccnc2)ncn1. The van der Waals surface area contributed by atoms with Crippen molar-refractivity contribution in [3.05, 3.63) is 36.9 Å². The van der Waals surface area contributed by atoms with Crippen LogP contribution < -0.4 is 16.4 Å². The molecule has 0 bridgehead atoms. The topological polar surface area (TPSA) is 88.8 Å². The van der Waals surface area contributed by atoms with Crippen LogP contribution in [0.2, 0.25) is 0 Å². The van der Waals surface area contributed by atoms with E-state index in [9.17, 15) is 0 Å². The van der Waals surface area contributed by atoms with Crippen LogP contribution in [0.25, 0.3) is 0 Å². The van der Waals surface area contributed by atoms with Gasteiger partial charge in [0.1, 0.15) is 18.0 Å². The maximum Gasteiger partial charge on any atom is 0.135 e. The third-order valence-corrected chi connectivity index (χ3v) is 2.33. The fourth-order valence-electron chi connectivity index (χ4n) is 1.43. The summed E-state index contributed by atoms with van der Waals surface area (Å²) >= 11 is 0. The van der Waals surface area contributed by atoms with Gasteiger partial charge in [0, 0.05) is 24.3 Å². The minimum atomic E-state index is -0.290. The van der Waals surface area contributed by atoms with Gasteiger partial charge in [0.15, 0.2) is 0 Å². The molecule has 100 valence electrons. The zero-order chi connectivity index (χ0) is 13.7. The first-order chi connectivity index (χ1) is 9.03. The van der Waals surface area contributed by atoms with Crippen LogP contribution in [0, 0.1) is 0 Å². The molecule has 4 N–H and O–H groups in total. The summed E-state index contributed by atoms with van der Waals surface area (Å²) in [7, 11) is 0. The van der Waals surface area contributed by atoms with E-state index in [0.717, 1.165) is 11.5 Å². The molecule has 0 aliphatic carbocycles. The van der Waals surface area contributed by atoms with Crippen LogP contribution >= 0.6 is 0 Å². The van der Waals surface area contributed by atoms with Crippen molar-refractivity contribution in [2.45, 2.75) is 19.4 Å². The van der Waals surface area contributed by atoms with Crippen LogP contribution in [0.15, 0.2) is 36.9 Å². The van der Waals surface area contributed by atoms with Crippen molar-refractivity contribution in [2.24, 2.45) is 5.73 Å². The van der Waals surface area contributed by atoms with Gasteiger partial charge in [-0.15, -0.1) is 0 Å². The van der Waals surface area contributed by atoms with Gasteiger partial charge in [0.2, 0.25) is 0 Å². The summed E-state index contributed by atoms with van der Waals surface area (Å²) in [5, 5.41) is 6.34. The molecular weight excluding hydrogens is 240 g/mol. The van der Waals surface area contributed by atoms with Gasteiger partial charge in [0.05, 0.1) is 11.9 Å². The van der Waals surface area contributed by atoms with Crippen molar-refractivity contribution in [1.29, 1.82) is 0 Å². The molecule has 0 unspecified atom stereocenters. The molecule has 6 heteroatoms. The van der Waals surface area contributed by atoms with Gasteiger partial charge < -0.3 is 16.4 Å². The average molecular weight is 258 g/mol. The van der Waals surface area contributed by atoms with Gasteiger partial charge >= 0.3 is 0 Å². The summed E-state index contributed by atoms with van der Waals surface area (Å²) in [6.07, 6.45) is 4.96. The number of hydrogen-bond acceptors (Lipinski definition) is 6. The van der Waals surface area contributed by atoms with E-state index in [1.807, 2.05) is 32.0 Å². The maximum absolute atomic E-state index is 5.92. The molecule has 0 amide bonds. The molecule has 0 fully saturated rings. The van der Waals surface area contributed by atoms with E-state index in [1.54, 1.807) is 12.4 Å². The van der Waals surface area contributed by atoms with Gasteiger partial charge in [-0.1, -0.05) is 0 Å². The summed E-state index contributed by atoms with van der Waals surface area (Å²) in [6, 6.07) is 5.61. The van der Waals surface area contributed by atoms with Gasteiger partial charge in [-0.3, -0.25) is 4.98 Å². The Balaban J connectivity index is 2.03. The number of aromatic nitrogens is 3. The highest BCUT2D eigenvalue weighted by Crippen LogP contribution is 2.15. The van der Waals surface area contributed by atoms with Crippen molar-refractivity contribution >= 4 is 17.3 Å². The molecule has 0 saturated heterocycles. The van der Waals surface area contributed by atoms with Gasteiger partial charge in [-0.25, -0.2) is 9.97 Å². The molecule has 0 aliphatic rings. The number of nitrogens with zero attached hydrogens (tertiary/aromatic N) is 3. The quantitative estimate of drug-likeness (QED) is 0.757. The Morgan fingerprint density at radius 2 is 2.05 bits per heavy atom. The smallest absolute Gasteiger partial charge is 0.135 e. The summed E-state index contributed by atoms with van der Waals surface area (Å²) < 4.78 is 0. The molecule has 0 atom stereocenters. The molecule has 0 aliphatic heterocycles. The Morgan fingerprint density at radius 1 is 1.26 bits per heavy atom. The first kappa shape index (κ1) is 13.2. The second-order valence-corrected chi connectivity index (χ2v) is 5.00. The van der Waals surface area contributed by atoms with E-state index in [1.165, 1.54) is 6.33 Å². The summed E-state index contributed by atoms with van der Waals surface area (Å²) in [6.45, 7) is 4.54. The van der Waals surface area contributed by atoms with Crippen LogP contribution in [-0.2, 0) is 0 Å². The lowest BCUT2D eigenvalue weighted by Gasteiger charge is -2.19. The summed E-state index contributed by atoms with van der Waals surface area (Å²) in [5.74, 6) is 1.44. The van der Waals surface area contributed by atoms with Crippen LogP contribution in [0.3, 0.4) is 0 Å². The third kappa shape index (κ3) is 4.51. The maximum atomic E-state index is 5.92. The molecule has 2 heterocycles. The van der Waals surface area contributed by atoms with Crippen molar-refractivity contribution < 1.29 is 0 Å². The number of rotatable bonds is 5. The molecule has 6 nitrogen and oxygen atoms in total. The standard InChI is InChI=1S/C13H18N6/c1-13(2,14)8-16-11-6-12(18-9-17-11)19-10-4-3-5-15-7-10/h3-7,9H,8,14H2,1-2H3,(H2,16,17,18,19). The highest BCUT2D eigenvalue weighted by Gasteiger charge is 2.10. The van der Waals surface area contributed by atoms with Crippen molar-refractivity contribution in [1.82, 2.24) is 15.0 Å². The molecule has 2 aromatic rings. The van der Waals surface area contributed by atoms with Crippen molar-refractivity contribution in [3.63, 3.8) is 0 Å². The zero-order valence-corrected chi connectivity index (χ0v) is 11.1. The van der Waals surface area contributed by atoms with Crippen LogP contribution in [0.4, 0.5) is 17.3 Å². The Labute approximate surface area is 112 Å². The Kier molecular flexibility index (Phi) is 3.91. The molecular formula is C13H18N6. The second kappa shape index (κ2) is 5.62. The molecule has 0 saturated carbocycles. The normalized spacial score (nSPS) is 11.1. The number of nitrogens with one attached hydrogen (secondary N) is 2. The fraction of sp³-hybridized carbons (Fsp3) is 0.308. The van der Waals surface area contributed by atoms with Crippen molar-refractivity contribution in [2.75, 3.05) is 17.2 Å². The highest BCUT2D eigenvalue weighted by atomic mass is 15.1. The van der Waals surface area contributed by atoms with E-state index in [4.69, 9.17) is 5.73 Å². The lowest BCUT2D eigenvalue weighted by atomic mass is 10.1. The van der Waals surface area contributed by atoms with Gasteiger partial charge in [0.25, 0.3) is 0 Å². The summed E-state index contributed by atoms with van der Waals surface area (Å²) in [5.41, 5.74) is 6.51. The predicted octanol–water partition coefficient (Wildman–Crippen LogP) is 1.76. The first-order valence-corrected chi connectivity index (χ1v) is 6.05. The Hall–Kier alpha value is -2.21. The molecule has 0 aromatic carbocycles. The number of nitrogens with two attached hydrogens (primary N) is 1. The van der Waals surface area contributed by atoms with Gasteiger partial charge in [-0.05, 0) is 26.0 Å². The molecule has 2 aromatic heterocycles. The second-order valence-electron chi connectivity index (χ2n) is 5.00. The number of pyridine rings is 1. The Bertz CT molecular complexity index is 520. The largest absolute Gasteiger partial charge is 0.368 e. The minimum Gasteiger partial charge on any atom is -0.368 e. The lowest BCUT2D eigenvalue weighted by molar-refractivity contribution is 0.548. The Morgan fingerprint density at radius 3 is 2.74 bits per heavy atom. The monoisotopic (exact) mass is 258 g/mol. The molecule has 2 rings (SSSR count). The summed E-state index contributed by atoms with van der Waals surface area (Å²) in [4.78, 5) is 12.3. The molecule has 0 spiro atoms. The third-order valence-electron chi connectivity index (χ3n) is 2.33. The first-order valence-electron chi connectivity index (χ1n) is 6.05. The van der Waals surface area contributed by atoms with E-state index in [-0.39, 0.29) is 5.54 Å². The van der Waals surface area contributed by atoms with Crippen LogP contribution in [0.1, 0.15) is 13.8 Å². The van der Waals surface area contributed by atoms with E-state index < -0.39 is 0 Å². The van der Waals surface area contributed by atoms with Crippen LogP contribution in [0.5, 0.6) is 0 Å². The average Bonchev–Trinajstić information content (AvgIpc) is 2.37. The van der Waals surface area contributed by atoms with E-state index >= 15 is 0 Å².